The number of carboxylic acid groups (broad SMARTS) is 1. The Morgan fingerprint density at radius 1 is 1.12 bits per heavy atom. The van der Waals surface area contributed by atoms with Gasteiger partial charge in [0, 0.05) is 6.04 Å². The summed E-state index contributed by atoms with van der Waals surface area (Å²) in [6.45, 7) is 9.14. The summed E-state index contributed by atoms with van der Waals surface area (Å²) in [5, 5.41) is 9.09. The van der Waals surface area contributed by atoms with Crippen LogP contribution in [0.3, 0.4) is 0 Å². The zero-order valence-corrected chi connectivity index (χ0v) is 11.3. The third kappa shape index (κ3) is 2.65. The molecule has 0 spiro atoms. The number of carboxylic acids is 1. The lowest BCUT2D eigenvalue weighted by atomic mass is 9.73. The van der Waals surface area contributed by atoms with Gasteiger partial charge in [0.2, 0.25) is 0 Å². The molecular formula is C14H25NO2. The standard InChI is InChI=1S/C14H25NO2/c1-14(2,3)10-6-8-15(9-7-10)12-5-4-11(12)13(16)17/h10-12H,4-9H2,1-3H3,(H,16,17). The molecule has 2 aliphatic rings. The van der Waals surface area contributed by atoms with Crippen molar-refractivity contribution in [3.8, 4) is 0 Å². The first kappa shape index (κ1) is 12.9. The zero-order chi connectivity index (χ0) is 12.6. The highest BCUT2D eigenvalue weighted by molar-refractivity contribution is 5.72. The molecule has 3 heteroatoms. The molecule has 17 heavy (non-hydrogen) atoms. The molecule has 98 valence electrons. The minimum Gasteiger partial charge on any atom is -0.481 e. The number of hydrogen-bond donors (Lipinski definition) is 1. The second-order valence-corrected chi connectivity index (χ2v) is 6.77. The van der Waals surface area contributed by atoms with E-state index in [1.54, 1.807) is 0 Å². The van der Waals surface area contributed by atoms with Crippen molar-refractivity contribution in [2.75, 3.05) is 13.1 Å². The molecule has 0 bridgehead atoms. The fourth-order valence-corrected chi connectivity index (χ4v) is 3.30. The summed E-state index contributed by atoms with van der Waals surface area (Å²) in [7, 11) is 0. The maximum Gasteiger partial charge on any atom is 0.308 e. The van der Waals surface area contributed by atoms with Crippen LogP contribution in [0.4, 0.5) is 0 Å². The van der Waals surface area contributed by atoms with Crippen LogP contribution in [-0.2, 0) is 4.79 Å². The summed E-state index contributed by atoms with van der Waals surface area (Å²) >= 11 is 0. The molecule has 0 aromatic carbocycles. The Hall–Kier alpha value is -0.570. The molecule has 0 amide bonds. The van der Waals surface area contributed by atoms with Crippen molar-refractivity contribution in [3.05, 3.63) is 0 Å². The lowest BCUT2D eigenvalue weighted by Crippen LogP contribution is -2.53. The van der Waals surface area contributed by atoms with Crippen molar-refractivity contribution in [2.45, 2.75) is 52.5 Å². The average Bonchev–Trinajstić information content (AvgIpc) is 2.14. The van der Waals surface area contributed by atoms with Crippen LogP contribution < -0.4 is 0 Å². The van der Waals surface area contributed by atoms with Gasteiger partial charge >= 0.3 is 5.97 Å². The van der Waals surface area contributed by atoms with Crippen molar-refractivity contribution in [2.24, 2.45) is 17.3 Å². The highest BCUT2D eigenvalue weighted by Gasteiger charge is 2.42. The Balaban J connectivity index is 1.85. The molecule has 0 radical (unpaired) electrons. The van der Waals surface area contributed by atoms with Gasteiger partial charge in [-0.1, -0.05) is 20.8 Å². The number of carbonyl (C=O) groups is 1. The number of hydrogen-bond acceptors (Lipinski definition) is 2. The topological polar surface area (TPSA) is 40.5 Å². The Morgan fingerprint density at radius 2 is 1.71 bits per heavy atom. The maximum absolute atomic E-state index is 11.0. The van der Waals surface area contributed by atoms with Gasteiger partial charge in [0.1, 0.15) is 0 Å². The van der Waals surface area contributed by atoms with E-state index in [9.17, 15) is 4.79 Å². The minimum absolute atomic E-state index is 0.0961. The number of likely N-dealkylation sites (tertiary alicyclic amines) is 1. The second kappa shape index (κ2) is 4.60. The Labute approximate surface area is 104 Å². The third-order valence-electron chi connectivity index (χ3n) is 4.78. The van der Waals surface area contributed by atoms with Crippen molar-refractivity contribution in [1.82, 2.24) is 4.90 Å². The molecule has 2 fully saturated rings. The fraction of sp³-hybridized carbons (Fsp3) is 0.929. The molecular weight excluding hydrogens is 214 g/mol. The SMILES string of the molecule is CC(C)(C)C1CCN(C2CCC2C(=O)O)CC1. The van der Waals surface area contributed by atoms with Crippen LogP contribution in [0, 0.1) is 17.3 Å². The van der Waals surface area contributed by atoms with E-state index in [1.165, 1.54) is 12.8 Å². The smallest absolute Gasteiger partial charge is 0.308 e. The van der Waals surface area contributed by atoms with Gasteiger partial charge in [0.25, 0.3) is 0 Å². The van der Waals surface area contributed by atoms with Gasteiger partial charge in [0.15, 0.2) is 0 Å². The lowest BCUT2D eigenvalue weighted by Gasteiger charge is -2.47. The Morgan fingerprint density at radius 3 is 2.06 bits per heavy atom. The number of piperidine rings is 1. The predicted octanol–water partition coefficient (Wildman–Crippen LogP) is 2.61. The van der Waals surface area contributed by atoms with Gasteiger partial charge in [0.05, 0.1) is 5.92 Å². The van der Waals surface area contributed by atoms with Crippen LogP contribution in [-0.4, -0.2) is 35.1 Å². The molecule has 1 saturated carbocycles. The summed E-state index contributed by atoms with van der Waals surface area (Å²) in [6.07, 6.45) is 4.41. The van der Waals surface area contributed by atoms with Crippen molar-refractivity contribution < 1.29 is 9.90 Å². The largest absolute Gasteiger partial charge is 0.481 e. The first-order valence-electron chi connectivity index (χ1n) is 6.86. The summed E-state index contributed by atoms with van der Waals surface area (Å²) in [6, 6.07) is 0.327. The van der Waals surface area contributed by atoms with Crippen molar-refractivity contribution in [1.29, 1.82) is 0 Å². The fourth-order valence-electron chi connectivity index (χ4n) is 3.30. The van der Waals surface area contributed by atoms with Gasteiger partial charge in [-0.05, 0) is 50.1 Å². The van der Waals surface area contributed by atoms with Crippen molar-refractivity contribution >= 4 is 5.97 Å². The average molecular weight is 239 g/mol. The molecule has 0 aromatic heterocycles. The molecule has 1 heterocycles. The van der Waals surface area contributed by atoms with E-state index in [4.69, 9.17) is 5.11 Å². The van der Waals surface area contributed by atoms with E-state index in [0.29, 0.717) is 11.5 Å². The van der Waals surface area contributed by atoms with Crippen LogP contribution in [0.15, 0.2) is 0 Å². The molecule has 2 unspecified atom stereocenters. The molecule has 2 atom stereocenters. The van der Waals surface area contributed by atoms with Crippen LogP contribution in [0.2, 0.25) is 0 Å². The Bertz CT molecular complexity index is 287. The quantitative estimate of drug-likeness (QED) is 0.805. The van der Waals surface area contributed by atoms with E-state index < -0.39 is 5.97 Å². The highest BCUT2D eigenvalue weighted by Crippen LogP contribution is 2.38. The van der Waals surface area contributed by atoms with Gasteiger partial charge in [-0.3, -0.25) is 9.69 Å². The predicted molar refractivity (Wildman–Crippen MR) is 67.9 cm³/mol. The molecule has 1 aliphatic heterocycles. The minimum atomic E-state index is -0.598. The maximum atomic E-state index is 11.0. The second-order valence-electron chi connectivity index (χ2n) is 6.77. The van der Waals surface area contributed by atoms with E-state index in [2.05, 4.69) is 25.7 Å². The van der Waals surface area contributed by atoms with Gasteiger partial charge in [-0.15, -0.1) is 0 Å². The van der Waals surface area contributed by atoms with E-state index in [1.807, 2.05) is 0 Å². The third-order valence-corrected chi connectivity index (χ3v) is 4.78. The first-order chi connectivity index (χ1) is 7.89. The van der Waals surface area contributed by atoms with E-state index in [0.717, 1.165) is 31.8 Å². The summed E-state index contributed by atoms with van der Waals surface area (Å²) in [5.74, 6) is 0.0995. The van der Waals surface area contributed by atoms with Crippen LogP contribution >= 0.6 is 0 Å². The molecule has 0 aromatic rings. The number of aliphatic carboxylic acids is 1. The van der Waals surface area contributed by atoms with Crippen molar-refractivity contribution in [3.63, 3.8) is 0 Å². The van der Waals surface area contributed by atoms with Gasteiger partial charge in [-0.2, -0.15) is 0 Å². The van der Waals surface area contributed by atoms with E-state index >= 15 is 0 Å². The summed E-state index contributed by atoms with van der Waals surface area (Å²) in [5.41, 5.74) is 0.401. The monoisotopic (exact) mass is 239 g/mol. The van der Waals surface area contributed by atoms with Crippen LogP contribution in [0.1, 0.15) is 46.5 Å². The van der Waals surface area contributed by atoms with Gasteiger partial charge in [-0.25, -0.2) is 0 Å². The molecule has 1 aliphatic carbocycles. The molecule has 1 saturated heterocycles. The normalized spacial score (nSPS) is 32.2. The molecule has 1 N–H and O–H groups in total. The molecule has 2 rings (SSSR count). The highest BCUT2D eigenvalue weighted by atomic mass is 16.4. The van der Waals surface area contributed by atoms with Gasteiger partial charge < -0.3 is 5.11 Å². The lowest BCUT2D eigenvalue weighted by molar-refractivity contribution is -0.149. The summed E-state index contributed by atoms with van der Waals surface area (Å²) in [4.78, 5) is 13.5. The number of nitrogens with zero attached hydrogens (tertiary/aromatic N) is 1. The van der Waals surface area contributed by atoms with Crippen LogP contribution in [0.5, 0.6) is 0 Å². The zero-order valence-electron chi connectivity index (χ0n) is 11.3. The van der Waals surface area contributed by atoms with E-state index in [-0.39, 0.29) is 5.92 Å². The number of rotatable bonds is 2. The first-order valence-corrected chi connectivity index (χ1v) is 6.86. The molecule has 3 nitrogen and oxygen atoms in total. The Kier molecular flexibility index (Phi) is 3.48. The van der Waals surface area contributed by atoms with Crippen LogP contribution in [0.25, 0.3) is 0 Å². The summed E-state index contributed by atoms with van der Waals surface area (Å²) < 4.78 is 0.